The van der Waals surface area contributed by atoms with E-state index in [-0.39, 0.29) is 5.56 Å². The molecule has 5 rings (SSSR count). The number of hydrogen-bond donors (Lipinski definition) is 3. The number of imidazole rings is 1. The first-order chi connectivity index (χ1) is 18.4. The quantitative estimate of drug-likeness (QED) is 0.335. The molecule has 0 bridgehead atoms. The number of fused-ring (bicyclic) bond motifs is 1. The van der Waals surface area contributed by atoms with Gasteiger partial charge >= 0.3 is 6.03 Å². The van der Waals surface area contributed by atoms with Crippen LogP contribution in [-0.2, 0) is 6.54 Å². The number of aromatic nitrogens is 4. The van der Waals surface area contributed by atoms with Crippen LogP contribution in [0.4, 0.5) is 30.8 Å². The van der Waals surface area contributed by atoms with Gasteiger partial charge in [-0.2, -0.15) is 0 Å². The molecule has 2 amide bonds. The van der Waals surface area contributed by atoms with Gasteiger partial charge in [-0.3, -0.25) is 9.47 Å². The molecule has 1 aliphatic heterocycles. The summed E-state index contributed by atoms with van der Waals surface area (Å²) in [6, 6.07) is 11.3. The summed E-state index contributed by atoms with van der Waals surface area (Å²) in [5.41, 5.74) is 3.46. The number of benzene rings is 2. The maximum Gasteiger partial charge on any atom is 0.323 e. The standard InChI is InChI=1S/C26H29F2N9O/c1-29-24-22-25(31-15-30-24)37(16-32-22)20-7-5-18(6-8-20)33-26(38)34-19-4-3-17(21(13-19)23(27)28)14-36-11-9-35(2)10-12-36/h3-8,13,15-16,23H,9-12,14H2,1-2H3,(H,29,30,31)(H2,33,34,38). The molecule has 1 fully saturated rings. The summed E-state index contributed by atoms with van der Waals surface area (Å²) in [5, 5.41) is 8.39. The molecule has 0 saturated carbocycles. The van der Waals surface area contributed by atoms with E-state index in [4.69, 9.17) is 0 Å². The number of nitrogens with zero attached hydrogens (tertiary/aromatic N) is 6. The number of piperazine rings is 1. The Morgan fingerprint density at radius 3 is 2.39 bits per heavy atom. The fourth-order valence-electron chi connectivity index (χ4n) is 4.47. The predicted molar refractivity (Wildman–Crippen MR) is 143 cm³/mol. The summed E-state index contributed by atoms with van der Waals surface area (Å²) < 4.78 is 29.5. The van der Waals surface area contributed by atoms with Crippen molar-refractivity contribution < 1.29 is 13.6 Å². The Labute approximate surface area is 218 Å². The summed E-state index contributed by atoms with van der Waals surface area (Å²) in [5.74, 6) is 0.631. The number of rotatable bonds is 7. The monoisotopic (exact) mass is 521 g/mol. The maximum absolute atomic E-state index is 13.8. The van der Waals surface area contributed by atoms with Crippen LogP contribution in [0.3, 0.4) is 0 Å². The van der Waals surface area contributed by atoms with E-state index in [1.165, 1.54) is 12.4 Å². The Hall–Kier alpha value is -4.16. The molecular formula is C26H29F2N9O. The van der Waals surface area contributed by atoms with Gasteiger partial charge in [-0.25, -0.2) is 28.5 Å². The van der Waals surface area contributed by atoms with E-state index in [1.807, 2.05) is 16.7 Å². The Kier molecular flexibility index (Phi) is 7.43. The van der Waals surface area contributed by atoms with Crippen LogP contribution in [0.2, 0.25) is 0 Å². The Morgan fingerprint density at radius 2 is 1.68 bits per heavy atom. The van der Waals surface area contributed by atoms with Crippen molar-refractivity contribution in [3.05, 3.63) is 66.2 Å². The number of anilines is 3. The lowest BCUT2D eigenvalue weighted by atomic mass is 10.1. The number of likely N-dealkylation sites (N-methyl/N-ethyl adjacent to an activating group) is 1. The minimum Gasteiger partial charge on any atom is -0.371 e. The summed E-state index contributed by atoms with van der Waals surface area (Å²) in [6.45, 7) is 3.95. The molecular weight excluding hydrogens is 492 g/mol. The average Bonchev–Trinajstić information content (AvgIpc) is 3.35. The lowest BCUT2D eigenvalue weighted by Crippen LogP contribution is -2.44. The molecule has 1 saturated heterocycles. The first kappa shape index (κ1) is 25.5. The van der Waals surface area contributed by atoms with Crippen molar-refractivity contribution in [1.29, 1.82) is 0 Å². The van der Waals surface area contributed by atoms with E-state index >= 15 is 0 Å². The van der Waals surface area contributed by atoms with Crippen LogP contribution in [0.25, 0.3) is 16.9 Å². The van der Waals surface area contributed by atoms with Gasteiger partial charge in [0, 0.05) is 62.4 Å². The minimum absolute atomic E-state index is 0.0659. The zero-order valence-corrected chi connectivity index (χ0v) is 21.2. The lowest BCUT2D eigenvalue weighted by molar-refractivity contribution is 0.136. The van der Waals surface area contributed by atoms with E-state index in [1.54, 1.807) is 37.6 Å². The highest BCUT2D eigenvalue weighted by molar-refractivity contribution is 5.99. The van der Waals surface area contributed by atoms with Crippen molar-refractivity contribution in [2.45, 2.75) is 13.0 Å². The average molecular weight is 522 g/mol. The predicted octanol–water partition coefficient (Wildman–Crippen LogP) is 4.19. The van der Waals surface area contributed by atoms with Gasteiger partial charge in [0.25, 0.3) is 6.43 Å². The third-order valence-electron chi connectivity index (χ3n) is 6.60. The molecule has 3 N–H and O–H groups in total. The minimum atomic E-state index is -2.64. The van der Waals surface area contributed by atoms with Gasteiger partial charge in [-0.05, 0) is 49.0 Å². The smallest absolute Gasteiger partial charge is 0.323 e. The first-order valence-corrected chi connectivity index (χ1v) is 12.3. The number of halogens is 2. The Morgan fingerprint density at radius 1 is 0.974 bits per heavy atom. The normalized spacial score (nSPS) is 14.7. The molecule has 12 heteroatoms. The Balaban J connectivity index is 1.24. The molecule has 0 radical (unpaired) electrons. The molecule has 10 nitrogen and oxygen atoms in total. The van der Waals surface area contributed by atoms with E-state index in [9.17, 15) is 13.6 Å². The molecule has 0 aliphatic carbocycles. The fraction of sp³-hybridized carbons (Fsp3) is 0.308. The lowest BCUT2D eigenvalue weighted by Gasteiger charge is -2.32. The number of hydrogen-bond acceptors (Lipinski definition) is 7. The number of alkyl halides is 2. The van der Waals surface area contributed by atoms with Crippen molar-refractivity contribution >= 4 is 34.4 Å². The topological polar surface area (TPSA) is 103 Å². The van der Waals surface area contributed by atoms with Crippen molar-refractivity contribution in [3.63, 3.8) is 0 Å². The van der Waals surface area contributed by atoms with Crippen molar-refractivity contribution in [1.82, 2.24) is 29.3 Å². The number of amides is 2. The largest absolute Gasteiger partial charge is 0.371 e. The number of urea groups is 1. The van der Waals surface area contributed by atoms with Crippen LogP contribution in [0.1, 0.15) is 17.6 Å². The molecule has 198 valence electrons. The van der Waals surface area contributed by atoms with Crippen LogP contribution < -0.4 is 16.0 Å². The van der Waals surface area contributed by atoms with E-state index < -0.39 is 12.5 Å². The van der Waals surface area contributed by atoms with Crippen LogP contribution in [0.5, 0.6) is 0 Å². The van der Waals surface area contributed by atoms with E-state index in [0.717, 1.165) is 31.9 Å². The van der Waals surface area contributed by atoms with Gasteiger partial charge in [0.15, 0.2) is 17.0 Å². The van der Waals surface area contributed by atoms with Gasteiger partial charge < -0.3 is 20.9 Å². The molecule has 2 aromatic carbocycles. The number of nitrogens with one attached hydrogen (secondary N) is 3. The van der Waals surface area contributed by atoms with Crippen molar-refractivity contribution in [2.75, 3.05) is 56.2 Å². The van der Waals surface area contributed by atoms with Gasteiger partial charge in [-0.1, -0.05) is 6.07 Å². The highest BCUT2D eigenvalue weighted by atomic mass is 19.3. The second kappa shape index (κ2) is 11.1. The second-order valence-corrected chi connectivity index (χ2v) is 9.18. The molecule has 2 aromatic heterocycles. The molecule has 3 heterocycles. The third kappa shape index (κ3) is 5.55. The van der Waals surface area contributed by atoms with Gasteiger partial charge in [-0.15, -0.1) is 0 Å². The van der Waals surface area contributed by atoms with Crippen molar-refractivity contribution in [2.24, 2.45) is 0 Å². The SMILES string of the molecule is CNc1ncnc2c1ncn2-c1ccc(NC(=O)Nc2ccc(CN3CCN(C)CC3)c(C(F)F)c2)cc1. The highest BCUT2D eigenvalue weighted by Crippen LogP contribution is 2.28. The zero-order valence-electron chi connectivity index (χ0n) is 21.2. The number of carbonyl (C=O) groups is 1. The van der Waals surface area contributed by atoms with Crippen LogP contribution in [-0.4, -0.2) is 75.6 Å². The maximum atomic E-state index is 13.8. The zero-order chi connectivity index (χ0) is 26.6. The summed E-state index contributed by atoms with van der Waals surface area (Å²) in [6.07, 6.45) is 0.484. The summed E-state index contributed by atoms with van der Waals surface area (Å²) in [7, 11) is 3.82. The van der Waals surface area contributed by atoms with Gasteiger partial charge in [0.2, 0.25) is 0 Å². The van der Waals surface area contributed by atoms with Crippen LogP contribution >= 0.6 is 0 Å². The van der Waals surface area contributed by atoms with Gasteiger partial charge in [0.05, 0.1) is 0 Å². The van der Waals surface area contributed by atoms with Crippen molar-refractivity contribution in [3.8, 4) is 5.69 Å². The van der Waals surface area contributed by atoms with Crippen LogP contribution in [0, 0.1) is 0 Å². The van der Waals surface area contributed by atoms with Gasteiger partial charge in [0.1, 0.15) is 12.7 Å². The molecule has 38 heavy (non-hydrogen) atoms. The molecule has 4 aromatic rings. The third-order valence-corrected chi connectivity index (χ3v) is 6.60. The summed E-state index contributed by atoms with van der Waals surface area (Å²) in [4.78, 5) is 29.8. The molecule has 0 atom stereocenters. The molecule has 0 spiro atoms. The van der Waals surface area contributed by atoms with Crippen LogP contribution in [0.15, 0.2) is 55.1 Å². The molecule has 1 aliphatic rings. The van der Waals surface area contributed by atoms with E-state index in [0.29, 0.717) is 40.5 Å². The second-order valence-electron chi connectivity index (χ2n) is 9.18. The first-order valence-electron chi connectivity index (χ1n) is 12.3. The summed E-state index contributed by atoms with van der Waals surface area (Å²) >= 11 is 0. The highest BCUT2D eigenvalue weighted by Gasteiger charge is 2.19. The molecule has 0 unspecified atom stereocenters. The number of carbonyl (C=O) groups excluding carboxylic acids is 1. The fourth-order valence-corrected chi connectivity index (χ4v) is 4.47. The van der Waals surface area contributed by atoms with E-state index in [2.05, 4.69) is 47.7 Å². The Bertz CT molecular complexity index is 1420.